The molecule has 74 valence electrons. The minimum atomic E-state index is -0.368. The number of terminal acetylenes is 1. The molecule has 1 heterocycles. The van der Waals surface area contributed by atoms with Gasteiger partial charge in [0.1, 0.15) is 5.82 Å². The summed E-state index contributed by atoms with van der Waals surface area (Å²) in [6.45, 7) is 0. The van der Waals surface area contributed by atoms with E-state index in [-0.39, 0.29) is 11.9 Å². The van der Waals surface area contributed by atoms with Crippen LogP contribution in [0.2, 0.25) is 0 Å². The maximum Gasteiger partial charge on any atom is 0.146 e. The molecule has 0 aliphatic carbocycles. The molecule has 1 unspecified atom stereocenters. The molecule has 1 atom stereocenters. The van der Waals surface area contributed by atoms with Gasteiger partial charge in [0.05, 0.1) is 11.7 Å². The SMILES string of the molecule is C#CCCC(NN)c1ncccc1F. The van der Waals surface area contributed by atoms with Crippen molar-refractivity contribution < 1.29 is 4.39 Å². The van der Waals surface area contributed by atoms with Gasteiger partial charge < -0.3 is 0 Å². The van der Waals surface area contributed by atoms with E-state index < -0.39 is 0 Å². The van der Waals surface area contributed by atoms with E-state index in [0.717, 1.165) is 0 Å². The fourth-order valence-electron chi connectivity index (χ4n) is 1.18. The van der Waals surface area contributed by atoms with E-state index in [1.807, 2.05) is 0 Å². The lowest BCUT2D eigenvalue weighted by Gasteiger charge is -2.13. The lowest BCUT2D eigenvalue weighted by atomic mass is 10.1. The van der Waals surface area contributed by atoms with Gasteiger partial charge in [0.2, 0.25) is 0 Å². The summed E-state index contributed by atoms with van der Waals surface area (Å²) >= 11 is 0. The van der Waals surface area contributed by atoms with Crippen molar-refractivity contribution >= 4 is 0 Å². The molecule has 0 aliphatic heterocycles. The lowest BCUT2D eigenvalue weighted by Crippen LogP contribution is -2.29. The lowest BCUT2D eigenvalue weighted by molar-refractivity contribution is 0.476. The molecule has 0 spiro atoms. The van der Waals surface area contributed by atoms with Gasteiger partial charge in [0.15, 0.2) is 0 Å². The number of hydrogen-bond donors (Lipinski definition) is 2. The van der Waals surface area contributed by atoms with E-state index in [9.17, 15) is 4.39 Å². The van der Waals surface area contributed by atoms with Crippen LogP contribution in [0.25, 0.3) is 0 Å². The van der Waals surface area contributed by atoms with E-state index in [4.69, 9.17) is 12.3 Å². The summed E-state index contributed by atoms with van der Waals surface area (Å²) in [5, 5.41) is 0. The van der Waals surface area contributed by atoms with Gasteiger partial charge in [-0.15, -0.1) is 12.3 Å². The Kier molecular flexibility index (Phi) is 4.05. The molecule has 0 aliphatic rings. The Morgan fingerprint density at radius 3 is 3.07 bits per heavy atom. The number of aromatic nitrogens is 1. The van der Waals surface area contributed by atoms with Crippen LogP contribution in [-0.4, -0.2) is 4.98 Å². The number of halogens is 1. The fraction of sp³-hybridized carbons (Fsp3) is 0.300. The minimum absolute atomic E-state index is 0.310. The van der Waals surface area contributed by atoms with Crippen LogP contribution in [0.15, 0.2) is 18.3 Å². The maximum atomic E-state index is 13.2. The largest absolute Gasteiger partial charge is 0.271 e. The molecule has 0 saturated carbocycles. The Morgan fingerprint density at radius 2 is 2.50 bits per heavy atom. The first-order chi connectivity index (χ1) is 6.79. The average molecular weight is 193 g/mol. The van der Waals surface area contributed by atoms with Gasteiger partial charge in [0.25, 0.3) is 0 Å². The Balaban J connectivity index is 2.79. The van der Waals surface area contributed by atoms with E-state index in [0.29, 0.717) is 18.5 Å². The molecular weight excluding hydrogens is 181 g/mol. The average Bonchev–Trinajstić information content (AvgIpc) is 2.21. The Bertz CT molecular complexity index is 332. The molecule has 1 rings (SSSR count). The summed E-state index contributed by atoms with van der Waals surface area (Å²) in [7, 11) is 0. The summed E-state index contributed by atoms with van der Waals surface area (Å²) < 4.78 is 13.2. The smallest absolute Gasteiger partial charge is 0.146 e. The highest BCUT2D eigenvalue weighted by molar-refractivity contribution is 5.11. The summed E-state index contributed by atoms with van der Waals surface area (Å²) in [5.74, 6) is 7.40. The van der Waals surface area contributed by atoms with Crippen LogP contribution in [-0.2, 0) is 0 Å². The molecule has 4 heteroatoms. The molecule has 0 amide bonds. The molecule has 0 saturated heterocycles. The van der Waals surface area contributed by atoms with Crippen LogP contribution in [0.3, 0.4) is 0 Å². The number of pyridine rings is 1. The number of nitrogens with zero attached hydrogens (tertiary/aromatic N) is 1. The van der Waals surface area contributed by atoms with E-state index in [2.05, 4.69) is 16.3 Å². The zero-order valence-electron chi connectivity index (χ0n) is 7.70. The highest BCUT2D eigenvalue weighted by atomic mass is 19.1. The van der Waals surface area contributed by atoms with Gasteiger partial charge in [0, 0.05) is 12.6 Å². The first-order valence-electron chi connectivity index (χ1n) is 4.29. The van der Waals surface area contributed by atoms with Crippen molar-refractivity contribution in [1.29, 1.82) is 0 Å². The van der Waals surface area contributed by atoms with Crippen molar-refractivity contribution in [3.05, 3.63) is 29.8 Å². The monoisotopic (exact) mass is 193 g/mol. The van der Waals surface area contributed by atoms with Crippen LogP contribution in [0.4, 0.5) is 4.39 Å². The zero-order valence-corrected chi connectivity index (χ0v) is 7.70. The fourth-order valence-corrected chi connectivity index (χ4v) is 1.18. The molecule has 0 bridgehead atoms. The third-order valence-corrected chi connectivity index (χ3v) is 1.90. The van der Waals surface area contributed by atoms with Crippen molar-refractivity contribution in [3.63, 3.8) is 0 Å². The topological polar surface area (TPSA) is 50.9 Å². The predicted molar refractivity (Wildman–Crippen MR) is 52.3 cm³/mol. The molecule has 3 nitrogen and oxygen atoms in total. The van der Waals surface area contributed by atoms with Gasteiger partial charge in [-0.1, -0.05) is 0 Å². The maximum absolute atomic E-state index is 13.2. The molecule has 1 aromatic heterocycles. The summed E-state index contributed by atoms with van der Waals surface area (Å²) in [4.78, 5) is 3.92. The summed E-state index contributed by atoms with van der Waals surface area (Å²) in [6.07, 6.45) is 7.74. The van der Waals surface area contributed by atoms with Crippen molar-refractivity contribution in [2.24, 2.45) is 5.84 Å². The second-order valence-corrected chi connectivity index (χ2v) is 2.83. The normalized spacial score (nSPS) is 12.1. The number of nitrogens with one attached hydrogen (secondary N) is 1. The van der Waals surface area contributed by atoms with Gasteiger partial charge in [-0.3, -0.25) is 16.3 Å². The zero-order chi connectivity index (χ0) is 10.4. The molecule has 3 N–H and O–H groups in total. The molecule has 0 radical (unpaired) electrons. The molecule has 14 heavy (non-hydrogen) atoms. The third kappa shape index (κ3) is 2.52. The van der Waals surface area contributed by atoms with Crippen molar-refractivity contribution in [3.8, 4) is 12.3 Å². The number of nitrogens with two attached hydrogens (primary N) is 1. The van der Waals surface area contributed by atoms with Gasteiger partial charge >= 0.3 is 0 Å². The summed E-state index contributed by atoms with van der Waals surface area (Å²) in [6, 6.07) is 2.56. The second-order valence-electron chi connectivity index (χ2n) is 2.83. The highest BCUT2D eigenvalue weighted by Crippen LogP contribution is 2.17. The van der Waals surface area contributed by atoms with Crippen molar-refractivity contribution in [1.82, 2.24) is 10.4 Å². The van der Waals surface area contributed by atoms with Crippen LogP contribution in [0.5, 0.6) is 0 Å². The first-order valence-corrected chi connectivity index (χ1v) is 4.29. The Hall–Kier alpha value is -1.44. The third-order valence-electron chi connectivity index (χ3n) is 1.90. The van der Waals surface area contributed by atoms with Crippen LogP contribution < -0.4 is 11.3 Å². The van der Waals surface area contributed by atoms with Crippen molar-refractivity contribution in [2.75, 3.05) is 0 Å². The predicted octanol–water partition coefficient (Wildman–Crippen LogP) is 1.14. The second kappa shape index (κ2) is 5.32. The quantitative estimate of drug-likeness (QED) is 0.428. The number of hydrazine groups is 1. The van der Waals surface area contributed by atoms with Crippen LogP contribution in [0, 0.1) is 18.2 Å². The van der Waals surface area contributed by atoms with Crippen molar-refractivity contribution in [2.45, 2.75) is 18.9 Å². The molecule has 1 aromatic rings. The van der Waals surface area contributed by atoms with Gasteiger partial charge in [-0.05, 0) is 18.6 Å². The van der Waals surface area contributed by atoms with Gasteiger partial charge in [-0.25, -0.2) is 4.39 Å². The summed E-state index contributed by atoms with van der Waals surface area (Å²) in [5.41, 5.74) is 2.81. The number of rotatable bonds is 4. The standard InChI is InChI=1S/C10H12FN3/c1-2-3-6-9(14-12)10-8(11)5-4-7-13-10/h1,4-5,7,9,14H,3,6,12H2. The van der Waals surface area contributed by atoms with E-state index in [1.165, 1.54) is 18.3 Å². The Morgan fingerprint density at radius 1 is 1.71 bits per heavy atom. The minimum Gasteiger partial charge on any atom is -0.271 e. The Labute approximate surface area is 82.5 Å². The van der Waals surface area contributed by atoms with Crippen LogP contribution in [0.1, 0.15) is 24.6 Å². The van der Waals surface area contributed by atoms with Crippen LogP contribution >= 0.6 is 0 Å². The van der Waals surface area contributed by atoms with E-state index >= 15 is 0 Å². The first kappa shape index (κ1) is 10.6. The highest BCUT2D eigenvalue weighted by Gasteiger charge is 2.14. The molecular formula is C10H12FN3. The van der Waals surface area contributed by atoms with Gasteiger partial charge in [-0.2, -0.15) is 0 Å². The molecule has 0 fully saturated rings. The molecule has 0 aromatic carbocycles. The number of hydrogen-bond acceptors (Lipinski definition) is 3. The van der Waals surface area contributed by atoms with E-state index in [1.54, 1.807) is 0 Å².